The summed E-state index contributed by atoms with van der Waals surface area (Å²) >= 11 is 0. The van der Waals surface area contributed by atoms with Crippen molar-refractivity contribution in [2.24, 2.45) is 23.7 Å². The molecule has 3 aliphatic rings. The molecule has 2 heteroatoms. The van der Waals surface area contributed by atoms with E-state index < -0.39 is 0 Å². The topological polar surface area (TPSA) is 29.1 Å². The molecule has 4 atom stereocenters. The van der Waals surface area contributed by atoms with Crippen molar-refractivity contribution in [1.82, 2.24) is 5.32 Å². The summed E-state index contributed by atoms with van der Waals surface area (Å²) in [5, 5.41) is 3.33. The lowest BCUT2D eigenvalue weighted by molar-refractivity contribution is -0.126. The van der Waals surface area contributed by atoms with Gasteiger partial charge in [-0.05, 0) is 49.9 Å². The van der Waals surface area contributed by atoms with Crippen molar-refractivity contribution >= 4 is 5.91 Å². The number of rotatable bonds is 3. The zero-order valence-corrected chi connectivity index (χ0v) is 11.0. The number of hydrogen-bond donors (Lipinski definition) is 1. The lowest BCUT2D eigenvalue weighted by Crippen LogP contribution is -2.41. The first-order chi connectivity index (χ1) is 8.26. The largest absolute Gasteiger partial charge is 0.353 e. The van der Waals surface area contributed by atoms with Crippen LogP contribution in [-0.2, 0) is 4.79 Å². The third-order valence-corrected chi connectivity index (χ3v) is 5.32. The Labute approximate surface area is 105 Å². The smallest absolute Gasteiger partial charge is 0.223 e. The molecule has 0 aromatic heterocycles. The number of carbonyl (C=O) groups is 1. The maximum atomic E-state index is 12.2. The molecule has 1 amide bonds. The standard InChI is InChI=1S/C15H25NO/c1-2-10-4-3-5-14(6-10)16-15(17)13-8-11-7-12(11)9-13/h10-14H,2-9H2,1H3,(H,16,17). The molecular formula is C15H25NO. The Morgan fingerprint density at radius 1 is 1.12 bits per heavy atom. The second kappa shape index (κ2) is 4.62. The monoisotopic (exact) mass is 235 g/mol. The van der Waals surface area contributed by atoms with Gasteiger partial charge in [0.1, 0.15) is 0 Å². The van der Waals surface area contributed by atoms with Crippen LogP contribution in [0.25, 0.3) is 0 Å². The van der Waals surface area contributed by atoms with Crippen LogP contribution in [0.2, 0.25) is 0 Å². The van der Waals surface area contributed by atoms with Crippen molar-refractivity contribution in [3.8, 4) is 0 Å². The van der Waals surface area contributed by atoms with Gasteiger partial charge in [0, 0.05) is 12.0 Å². The van der Waals surface area contributed by atoms with Gasteiger partial charge in [-0.3, -0.25) is 4.79 Å². The molecule has 0 saturated heterocycles. The van der Waals surface area contributed by atoms with Gasteiger partial charge in [0.2, 0.25) is 5.91 Å². The Hall–Kier alpha value is -0.530. The van der Waals surface area contributed by atoms with Crippen LogP contribution >= 0.6 is 0 Å². The van der Waals surface area contributed by atoms with Crippen molar-refractivity contribution in [3.63, 3.8) is 0 Å². The minimum absolute atomic E-state index is 0.362. The summed E-state index contributed by atoms with van der Waals surface area (Å²) in [4.78, 5) is 12.2. The lowest BCUT2D eigenvalue weighted by atomic mass is 9.84. The fraction of sp³-hybridized carbons (Fsp3) is 0.933. The van der Waals surface area contributed by atoms with Crippen LogP contribution in [0.4, 0.5) is 0 Å². The normalized spacial score (nSPS) is 44.2. The summed E-state index contributed by atoms with van der Waals surface area (Å²) in [7, 11) is 0. The van der Waals surface area contributed by atoms with E-state index in [-0.39, 0.29) is 0 Å². The maximum Gasteiger partial charge on any atom is 0.223 e. The minimum Gasteiger partial charge on any atom is -0.353 e. The highest BCUT2D eigenvalue weighted by Crippen LogP contribution is 2.54. The van der Waals surface area contributed by atoms with Crippen LogP contribution in [-0.4, -0.2) is 11.9 Å². The fourth-order valence-electron chi connectivity index (χ4n) is 4.04. The summed E-state index contributed by atoms with van der Waals surface area (Å²) < 4.78 is 0. The van der Waals surface area contributed by atoms with Gasteiger partial charge in [-0.1, -0.05) is 26.2 Å². The Balaban J connectivity index is 1.47. The zero-order valence-electron chi connectivity index (χ0n) is 11.0. The third-order valence-electron chi connectivity index (χ3n) is 5.32. The molecule has 1 N–H and O–H groups in total. The average Bonchev–Trinajstić information content (AvgIpc) is 2.96. The molecule has 0 spiro atoms. The zero-order chi connectivity index (χ0) is 11.8. The van der Waals surface area contributed by atoms with Crippen molar-refractivity contribution in [2.75, 3.05) is 0 Å². The van der Waals surface area contributed by atoms with Crippen LogP contribution in [0.15, 0.2) is 0 Å². The predicted octanol–water partition coefficient (Wildman–Crippen LogP) is 3.12. The van der Waals surface area contributed by atoms with E-state index in [1.54, 1.807) is 0 Å². The SMILES string of the molecule is CCC1CCCC(NC(=O)C2CC3CC3C2)C1. The lowest BCUT2D eigenvalue weighted by Gasteiger charge is -2.30. The third kappa shape index (κ3) is 2.51. The summed E-state index contributed by atoms with van der Waals surface area (Å²) in [5.74, 6) is 3.42. The quantitative estimate of drug-likeness (QED) is 0.800. The van der Waals surface area contributed by atoms with Crippen LogP contribution in [0.3, 0.4) is 0 Å². The second-order valence-corrected chi connectivity index (χ2v) is 6.57. The molecule has 0 aromatic rings. The van der Waals surface area contributed by atoms with Crippen molar-refractivity contribution < 1.29 is 4.79 Å². The number of carbonyl (C=O) groups excluding carboxylic acids is 1. The van der Waals surface area contributed by atoms with E-state index in [0.717, 1.165) is 17.8 Å². The highest BCUT2D eigenvalue weighted by atomic mass is 16.1. The first-order valence-electron chi connectivity index (χ1n) is 7.56. The molecule has 96 valence electrons. The van der Waals surface area contributed by atoms with Crippen LogP contribution in [0.5, 0.6) is 0 Å². The molecule has 2 nitrogen and oxygen atoms in total. The van der Waals surface area contributed by atoms with Gasteiger partial charge in [0.25, 0.3) is 0 Å². The van der Waals surface area contributed by atoms with Gasteiger partial charge in [-0.25, -0.2) is 0 Å². The Morgan fingerprint density at radius 3 is 2.59 bits per heavy atom. The Morgan fingerprint density at radius 2 is 1.88 bits per heavy atom. The first kappa shape index (κ1) is 11.6. The highest BCUT2D eigenvalue weighted by Gasteiger charge is 2.48. The maximum absolute atomic E-state index is 12.2. The van der Waals surface area contributed by atoms with Crippen LogP contribution in [0.1, 0.15) is 58.3 Å². The second-order valence-electron chi connectivity index (χ2n) is 6.57. The minimum atomic E-state index is 0.362. The molecule has 0 bridgehead atoms. The molecule has 17 heavy (non-hydrogen) atoms. The van der Waals surface area contributed by atoms with Gasteiger partial charge in [0.05, 0.1) is 0 Å². The molecule has 3 saturated carbocycles. The molecule has 3 fully saturated rings. The van der Waals surface area contributed by atoms with Gasteiger partial charge in [-0.2, -0.15) is 0 Å². The summed E-state index contributed by atoms with van der Waals surface area (Å²) in [6, 6.07) is 0.484. The number of hydrogen-bond acceptors (Lipinski definition) is 1. The van der Waals surface area contributed by atoms with Crippen molar-refractivity contribution in [3.05, 3.63) is 0 Å². The molecule has 0 aromatic carbocycles. The summed E-state index contributed by atoms with van der Waals surface area (Å²) in [6.07, 6.45) is 10.2. The van der Waals surface area contributed by atoms with E-state index in [9.17, 15) is 4.79 Å². The van der Waals surface area contributed by atoms with Gasteiger partial charge < -0.3 is 5.32 Å². The Bertz CT molecular complexity index is 291. The van der Waals surface area contributed by atoms with Crippen molar-refractivity contribution in [2.45, 2.75) is 64.3 Å². The highest BCUT2D eigenvalue weighted by molar-refractivity contribution is 5.79. The van der Waals surface area contributed by atoms with Crippen molar-refractivity contribution in [1.29, 1.82) is 0 Å². The molecule has 3 rings (SSSR count). The number of fused-ring (bicyclic) bond motifs is 1. The van der Waals surface area contributed by atoms with E-state index in [1.165, 1.54) is 51.4 Å². The van der Waals surface area contributed by atoms with Crippen LogP contribution < -0.4 is 5.32 Å². The number of nitrogens with one attached hydrogen (secondary N) is 1. The summed E-state index contributed by atoms with van der Waals surface area (Å²) in [5.41, 5.74) is 0. The van der Waals surface area contributed by atoms with Gasteiger partial charge >= 0.3 is 0 Å². The van der Waals surface area contributed by atoms with Gasteiger partial charge in [0.15, 0.2) is 0 Å². The number of amides is 1. The van der Waals surface area contributed by atoms with E-state index in [1.807, 2.05) is 0 Å². The fourth-order valence-corrected chi connectivity index (χ4v) is 4.04. The molecular weight excluding hydrogens is 210 g/mol. The van der Waals surface area contributed by atoms with E-state index in [0.29, 0.717) is 17.9 Å². The molecule has 0 heterocycles. The van der Waals surface area contributed by atoms with E-state index in [2.05, 4.69) is 12.2 Å². The Kier molecular flexibility index (Phi) is 3.14. The van der Waals surface area contributed by atoms with Crippen LogP contribution in [0, 0.1) is 23.7 Å². The first-order valence-corrected chi connectivity index (χ1v) is 7.56. The molecule has 4 unspecified atom stereocenters. The molecule has 3 aliphatic carbocycles. The van der Waals surface area contributed by atoms with E-state index >= 15 is 0 Å². The van der Waals surface area contributed by atoms with Gasteiger partial charge in [-0.15, -0.1) is 0 Å². The predicted molar refractivity (Wildman–Crippen MR) is 68.5 cm³/mol. The summed E-state index contributed by atoms with van der Waals surface area (Å²) in [6.45, 7) is 2.28. The van der Waals surface area contributed by atoms with E-state index in [4.69, 9.17) is 0 Å². The average molecular weight is 235 g/mol. The molecule has 0 radical (unpaired) electrons. The molecule has 0 aliphatic heterocycles.